The van der Waals surface area contributed by atoms with Gasteiger partial charge in [0.25, 0.3) is 5.91 Å². The summed E-state index contributed by atoms with van der Waals surface area (Å²) in [4.78, 5) is 30.6. The predicted octanol–water partition coefficient (Wildman–Crippen LogP) is 1.82. The Kier molecular flexibility index (Phi) is 6.68. The van der Waals surface area contributed by atoms with Gasteiger partial charge in [-0.2, -0.15) is 0 Å². The number of hydrogen-bond donors (Lipinski definition) is 1. The maximum Gasteiger partial charge on any atom is 0.291 e. The lowest BCUT2D eigenvalue weighted by atomic mass is 9.98. The first kappa shape index (κ1) is 18.3. The van der Waals surface area contributed by atoms with E-state index in [9.17, 15) is 9.59 Å². The molecule has 0 saturated carbocycles. The van der Waals surface area contributed by atoms with Crippen LogP contribution >= 0.6 is 0 Å². The molecule has 5 heteroatoms. The minimum Gasteiger partial charge on any atom is -0.337 e. The summed E-state index contributed by atoms with van der Waals surface area (Å²) in [6, 6.07) is 3.21. The zero-order chi connectivity index (χ0) is 16.8. The van der Waals surface area contributed by atoms with Crippen molar-refractivity contribution in [2.45, 2.75) is 52.6 Å². The van der Waals surface area contributed by atoms with Crippen molar-refractivity contribution in [3.8, 4) is 0 Å². The summed E-state index contributed by atoms with van der Waals surface area (Å²) in [6.07, 6.45) is 3.88. The minimum atomic E-state index is -0.544. The van der Waals surface area contributed by atoms with Gasteiger partial charge in [0.2, 0.25) is 5.78 Å². The number of likely N-dealkylation sites (N-methyl/N-ethyl adjacent to an activating group) is 1. The highest BCUT2D eigenvalue weighted by Gasteiger charge is 2.31. The van der Waals surface area contributed by atoms with Gasteiger partial charge in [0.1, 0.15) is 0 Å². The number of rotatable bonds is 7. The summed E-state index contributed by atoms with van der Waals surface area (Å²) in [7, 11) is 0. The predicted molar refractivity (Wildman–Crippen MR) is 87.6 cm³/mol. The molecular weight excluding hydrogens is 278 g/mol. The van der Waals surface area contributed by atoms with Crippen molar-refractivity contribution in [2.75, 3.05) is 13.1 Å². The molecular formula is C17H27N3O2. The molecule has 22 heavy (non-hydrogen) atoms. The molecule has 0 radical (unpaired) electrons. The summed E-state index contributed by atoms with van der Waals surface area (Å²) in [6.45, 7) is 10.8. The summed E-state index contributed by atoms with van der Waals surface area (Å²) in [5.41, 5.74) is 0.677. The van der Waals surface area contributed by atoms with Gasteiger partial charge < -0.3 is 10.2 Å². The van der Waals surface area contributed by atoms with E-state index in [-0.39, 0.29) is 11.3 Å². The van der Waals surface area contributed by atoms with E-state index in [0.29, 0.717) is 19.5 Å². The first-order valence-electron chi connectivity index (χ1n) is 7.78. The summed E-state index contributed by atoms with van der Waals surface area (Å²) < 4.78 is 0. The minimum absolute atomic E-state index is 0.258. The van der Waals surface area contributed by atoms with Crippen LogP contribution in [0.2, 0.25) is 0 Å². The second-order valence-corrected chi connectivity index (χ2v) is 6.35. The van der Waals surface area contributed by atoms with Crippen LogP contribution in [0.5, 0.6) is 0 Å². The standard InChI is InChI=1S/C17H27N3O2/c1-6-20(7-2)16(22)15(21)14(19-17(3,4)5)11-13-9-8-10-18-12-13/h8-10,12,14,19H,6-7,11H2,1-5H3. The number of pyridine rings is 1. The van der Waals surface area contributed by atoms with Gasteiger partial charge in [0.05, 0.1) is 6.04 Å². The summed E-state index contributed by atoms with van der Waals surface area (Å²) in [5, 5.41) is 3.26. The van der Waals surface area contributed by atoms with E-state index in [4.69, 9.17) is 0 Å². The quantitative estimate of drug-likeness (QED) is 0.781. The fourth-order valence-electron chi connectivity index (χ4n) is 2.30. The van der Waals surface area contributed by atoms with Crippen molar-refractivity contribution in [1.29, 1.82) is 0 Å². The first-order valence-corrected chi connectivity index (χ1v) is 7.78. The molecule has 1 heterocycles. The highest BCUT2D eigenvalue weighted by molar-refractivity contribution is 6.38. The fraction of sp³-hybridized carbons (Fsp3) is 0.588. The Morgan fingerprint density at radius 2 is 1.91 bits per heavy atom. The molecule has 5 nitrogen and oxygen atoms in total. The lowest BCUT2D eigenvalue weighted by Crippen LogP contribution is -2.53. The van der Waals surface area contributed by atoms with Gasteiger partial charge in [-0.05, 0) is 52.7 Å². The molecule has 1 N–H and O–H groups in total. The van der Waals surface area contributed by atoms with Gasteiger partial charge in [0.15, 0.2) is 0 Å². The average Bonchev–Trinajstić information content (AvgIpc) is 2.46. The number of amides is 1. The number of Topliss-reactive ketones (excluding diaryl/α,β-unsaturated/α-hetero) is 1. The van der Waals surface area contributed by atoms with Crippen LogP contribution in [-0.2, 0) is 16.0 Å². The molecule has 0 aliphatic heterocycles. The molecule has 0 aliphatic rings. The van der Waals surface area contributed by atoms with Crippen LogP contribution in [0, 0.1) is 0 Å². The third-order valence-corrected chi connectivity index (χ3v) is 3.35. The van der Waals surface area contributed by atoms with Gasteiger partial charge in [-0.1, -0.05) is 6.07 Å². The number of aromatic nitrogens is 1. The van der Waals surface area contributed by atoms with E-state index in [0.717, 1.165) is 5.56 Å². The molecule has 1 unspecified atom stereocenters. The number of nitrogens with zero attached hydrogens (tertiary/aromatic N) is 2. The Balaban J connectivity index is 2.94. The maximum absolute atomic E-state index is 12.6. The van der Waals surface area contributed by atoms with Crippen LogP contribution < -0.4 is 5.32 Å². The van der Waals surface area contributed by atoms with E-state index in [2.05, 4.69) is 10.3 Å². The van der Waals surface area contributed by atoms with Crippen LogP contribution in [0.25, 0.3) is 0 Å². The van der Waals surface area contributed by atoms with Crippen LogP contribution in [0.3, 0.4) is 0 Å². The van der Waals surface area contributed by atoms with Crippen molar-refractivity contribution in [2.24, 2.45) is 0 Å². The van der Waals surface area contributed by atoms with Crippen molar-refractivity contribution >= 4 is 11.7 Å². The number of ketones is 1. The molecule has 1 atom stereocenters. The molecule has 1 rings (SSSR count). The van der Waals surface area contributed by atoms with Gasteiger partial charge in [0, 0.05) is 31.0 Å². The Labute approximate surface area is 133 Å². The highest BCUT2D eigenvalue weighted by atomic mass is 16.2. The Morgan fingerprint density at radius 3 is 2.36 bits per heavy atom. The average molecular weight is 305 g/mol. The van der Waals surface area contributed by atoms with Crippen molar-refractivity contribution < 1.29 is 9.59 Å². The zero-order valence-corrected chi connectivity index (χ0v) is 14.2. The van der Waals surface area contributed by atoms with E-state index in [1.54, 1.807) is 17.3 Å². The van der Waals surface area contributed by atoms with E-state index in [1.165, 1.54) is 0 Å². The fourth-order valence-corrected chi connectivity index (χ4v) is 2.30. The van der Waals surface area contributed by atoms with Crippen LogP contribution in [0.15, 0.2) is 24.5 Å². The summed E-state index contributed by atoms with van der Waals surface area (Å²) in [5.74, 6) is -0.807. The molecule has 0 spiro atoms. The van der Waals surface area contributed by atoms with Gasteiger partial charge in [-0.15, -0.1) is 0 Å². The second-order valence-electron chi connectivity index (χ2n) is 6.35. The molecule has 0 saturated heterocycles. The van der Waals surface area contributed by atoms with Gasteiger partial charge in [-0.25, -0.2) is 0 Å². The maximum atomic E-state index is 12.6. The summed E-state index contributed by atoms with van der Waals surface area (Å²) >= 11 is 0. The topological polar surface area (TPSA) is 62.3 Å². The Morgan fingerprint density at radius 1 is 1.27 bits per heavy atom. The molecule has 1 aromatic heterocycles. The van der Waals surface area contributed by atoms with E-state index < -0.39 is 11.9 Å². The monoisotopic (exact) mass is 305 g/mol. The highest BCUT2D eigenvalue weighted by Crippen LogP contribution is 2.09. The van der Waals surface area contributed by atoms with Gasteiger partial charge in [-0.3, -0.25) is 14.6 Å². The van der Waals surface area contributed by atoms with Crippen molar-refractivity contribution in [3.63, 3.8) is 0 Å². The van der Waals surface area contributed by atoms with Crippen molar-refractivity contribution in [1.82, 2.24) is 15.2 Å². The molecule has 1 amide bonds. The number of nitrogens with one attached hydrogen (secondary N) is 1. The van der Waals surface area contributed by atoms with E-state index >= 15 is 0 Å². The number of hydrogen-bond acceptors (Lipinski definition) is 4. The van der Waals surface area contributed by atoms with Crippen molar-refractivity contribution in [3.05, 3.63) is 30.1 Å². The lowest BCUT2D eigenvalue weighted by molar-refractivity contribution is -0.145. The third kappa shape index (κ3) is 5.56. The Bertz CT molecular complexity index is 490. The smallest absolute Gasteiger partial charge is 0.291 e. The number of carbonyl (C=O) groups is 2. The van der Waals surface area contributed by atoms with Crippen LogP contribution in [0.4, 0.5) is 0 Å². The normalized spacial score (nSPS) is 12.8. The molecule has 0 aliphatic carbocycles. The molecule has 122 valence electrons. The third-order valence-electron chi connectivity index (χ3n) is 3.35. The lowest BCUT2D eigenvalue weighted by Gasteiger charge is -2.29. The largest absolute Gasteiger partial charge is 0.337 e. The molecule has 0 aromatic carbocycles. The SMILES string of the molecule is CCN(CC)C(=O)C(=O)C(Cc1cccnc1)NC(C)(C)C. The molecule has 1 aromatic rings. The second kappa shape index (κ2) is 8.03. The molecule has 0 bridgehead atoms. The van der Waals surface area contributed by atoms with E-state index in [1.807, 2.05) is 46.8 Å². The first-order chi connectivity index (χ1) is 10.3. The molecule has 0 fully saturated rings. The van der Waals surface area contributed by atoms with Crippen LogP contribution in [0.1, 0.15) is 40.2 Å². The van der Waals surface area contributed by atoms with Crippen LogP contribution in [-0.4, -0.2) is 46.2 Å². The zero-order valence-electron chi connectivity index (χ0n) is 14.2. The van der Waals surface area contributed by atoms with Gasteiger partial charge >= 0.3 is 0 Å². The number of carbonyl (C=O) groups excluding carboxylic acids is 2. The Hall–Kier alpha value is -1.75.